The molecule has 3 rings (SSSR count). The second-order valence-electron chi connectivity index (χ2n) is 5.60. The van der Waals surface area contributed by atoms with Gasteiger partial charge in [0.1, 0.15) is 5.75 Å². The molecule has 0 bridgehead atoms. The van der Waals surface area contributed by atoms with Gasteiger partial charge < -0.3 is 9.84 Å². The van der Waals surface area contributed by atoms with E-state index in [2.05, 4.69) is 19.1 Å². The normalized spacial score (nSPS) is 15.2. The van der Waals surface area contributed by atoms with Gasteiger partial charge >= 0.3 is 0 Å². The molecule has 0 aliphatic heterocycles. The predicted octanol–water partition coefficient (Wildman–Crippen LogP) is 5.06. The third kappa shape index (κ3) is 3.05. The molecule has 0 spiro atoms. The minimum absolute atomic E-state index is 0.136. The van der Waals surface area contributed by atoms with Crippen molar-refractivity contribution < 1.29 is 9.84 Å². The Balaban J connectivity index is 2.13. The lowest BCUT2D eigenvalue weighted by atomic mass is 10.0. The number of aliphatic hydroxyl groups excluding tert-OH is 1. The van der Waals surface area contributed by atoms with Crippen molar-refractivity contribution in [2.75, 3.05) is 13.7 Å². The number of fused-ring (bicyclic) bond motifs is 1. The largest absolute Gasteiger partial charge is 0.497 e. The molecular formula is C20H19ClO2. The van der Waals surface area contributed by atoms with Crippen LogP contribution in [0.25, 0.3) is 17.2 Å². The van der Waals surface area contributed by atoms with Crippen molar-refractivity contribution in [3.8, 4) is 5.75 Å². The maximum Gasteiger partial charge on any atom is 0.119 e. The number of hydrogen-bond acceptors (Lipinski definition) is 2. The maximum atomic E-state index is 9.40. The van der Waals surface area contributed by atoms with E-state index in [-0.39, 0.29) is 6.61 Å². The van der Waals surface area contributed by atoms with Gasteiger partial charge in [-0.1, -0.05) is 29.8 Å². The van der Waals surface area contributed by atoms with Gasteiger partial charge in [-0.3, -0.25) is 0 Å². The molecule has 1 N–H and O–H groups in total. The fourth-order valence-corrected chi connectivity index (χ4v) is 3.17. The van der Waals surface area contributed by atoms with E-state index in [1.165, 1.54) is 22.3 Å². The lowest BCUT2D eigenvalue weighted by Gasteiger charge is -2.07. The first-order chi connectivity index (χ1) is 11.1. The van der Waals surface area contributed by atoms with E-state index in [4.69, 9.17) is 16.3 Å². The summed E-state index contributed by atoms with van der Waals surface area (Å²) in [7, 11) is 1.67. The van der Waals surface area contributed by atoms with Crippen molar-refractivity contribution in [1.29, 1.82) is 0 Å². The summed E-state index contributed by atoms with van der Waals surface area (Å²) in [6.07, 6.45) is 2.81. The summed E-state index contributed by atoms with van der Waals surface area (Å²) >= 11 is 5.96. The van der Waals surface area contributed by atoms with Gasteiger partial charge in [0.25, 0.3) is 0 Å². The lowest BCUT2D eigenvalue weighted by molar-refractivity contribution is 0.305. The van der Waals surface area contributed by atoms with Gasteiger partial charge in [0.15, 0.2) is 0 Å². The van der Waals surface area contributed by atoms with Crippen LogP contribution in [0.1, 0.15) is 30.0 Å². The first kappa shape index (κ1) is 15.9. The summed E-state index contributed by atoms with van der Waals surface area (Å²) in [5.74, 6) is 0.833. The second-order valence-corrected chi connectivity index (χ2v) is 6.03. The Morgan fingerprint density at radius 1 is 1.09 bits per heavy atom. The Labute approximate surface area is 141 Å². The highest BCUT2D eigenvalue weighted by molar-refractivity contribution is 6.30. The average Bonchev–Trinajstić information content (AvgIpc) is 2.82. The highest BCUT2D eigenvalue weighted by atomic mass is 35.5. The van der Waals surface area contributed by atoms with Crippen LogP contribution in [0.2, 0.25) is 5.02 Å². The van der Waals surface area contributed by atoms with E-state index in [0.29, 0.717) is 6.42 Å². The van der Waals surface area contributed by atoms with Crippen molar-refractivity contribution in [3.63, 3.8) is 0 Å². The van der Waals surface area contributed by atoms with Crippen LogP contribution in [0.5, 0.6) is 5.75 Å². The predicted molar refractivity (Wildman–Crippen MR) is 96.6 cm³/mol. The number of methoxy groups -OCH3 is 1. The quantitative estimate of drug-likeness (QED) is 0.851. The Bertz CT molecular complexity index is 786. The van der Waals surface area contributed by atoms with Crippen LogP contribution in [-0.2, 0) is 0 Å². The number of allylic oxidation sites excluding steroid dienone is 2. The van der Waals surface area contributed by atoms with E-state index < -0.39 is 0 Å². The van der Waals surface area contributed by atoms with Gasteiger partial charge in [-0.25, -0.2) is 0 Å². The van der Waals surface area contributed by atoms with Crippen molar-refractivity contribution in [1.82, 2.24) is 0 Å². The van der Waals surface area contributed by atoms with Crippen LogP contribution >= 0.6 is 11.6 Å². The minimum atomic E-state index is 0.136. The molecule has 2 aromatic rings. The summed E-state index contributed by atoms with van der Waals surface area (Å²) in [4.78, 5) is 0. The molecule has 118 valence electrons. The summed E-state index contributed by atoms with van der Waals surface area (Å²) in [5, 5.41) is 10.1. The molecular weight excluding hydrogens is 308 g/mol. The van der Waals surface area contributed by atoms with Crippen LogP contribution in [-0.4, -0.2) is 18.8 Å². The molecule has 0 amide bonds. The van der Waals surface area contributed by atoms with Gasteiger partial charge in [0, 0.05) is 11.6 Å². The molecule has 0 atom stereocenters. The monoisotopic (exact) mass is 326 g/mol. The average molecular weight is 327 g/mol. The number of benzene rings is 2. The Morgan fingerprint density at radius 2 is 1.83 bits per heavy atom. The summed E-state index contributed by atoms with van der Waals surface area (Å²) in [5.41, 5.74) is 7.01. The fraction of sp³-hybridized carbons (Fsp3) is 0.200. The van der Waals surface area contributed by atoms with Crippen molar-refractivity contribution in [2.45, 2.75) is 13.3 Å². The van der Waals surface area contributed by atoms with E-state index in [0.717, 1.165) is 21.9 Å². The lowest BCUT2D eigenvalue weighted by Crippen LogP contribution is -1.90. The zero-order chi connectivity index (χ0) is 16.4. The van der Waals surface area contributed by atoms with Crippen LogP contribution in [0.3, 0.4) is 0 Å². The zero-order valence-electron chi connectivity index (χ0n) is 13.3. The minimum Gasteiger partial charge on any atom is -0.497 e. The molecule has 3 heteroatoms. The summed E-state index contributed by atoms with van der Waals surface area (Å²) < 4.78 is 5.35. The van der Waals surface area contributed by atoms with Crippen LogP contribution in [0.4, 0.5) is 0 Å². The first-order valence-corrected chi connectivity index (χ1v) is 7.99. The number of hydrogen-bond donors (Lipinski definition) is 1. The third-order valence-corrected chi connectivity index (χ3v) is 4.49. The van der Waals surface area contributed by atoms with E-state index in [1.54, 1.807) is 7.11 Å². The maximum absolute atomic E-state index is 9.40. The fourth-order valence-electron chi connectivity index (χ4n) is 3.05. The molecule has 0 saturated heterocycles. The number of rotatable bonds is 4. The van der Waals surface area contributed by atoms with Crippen molar-refractivity contribution in [3.05, 3.63) is 69.8 Å². The molecule has 2 nitrogen and oxygen atoms in total. The zero-order valence-corrected chi connectivity index (χ0v) is 14.0. The van der Waals surface area contributed by atoms with Gasteiger partial charge in [0.05, 0.1) is 7.11 Å². The smallest absolute Gasteiger partial charge is 0.119 e. The Kier molecular flexibility index (Phi) is 4.56. The molecule has 0 saturated carbocycles. The first-order valence-electron chi connectivity index (χ1n) is 7.61. The Hall–Kier alpha value is -2.03. The molecule has 2 aromatic carbocycles. The standard InChI is InChI=1S/C20H19ClO2/c1-13-17(9-10-22)20-12-16(23-2)7-8-18(20)19(13)11-14-3-5-15(21)6-4-14/h3-8,11-12,22H,9-10H2,1-2H3/b19-11-. The second kappa shape index (κ2) is 6.61. The highest BCUT2D eigenvalue weighted by Gasteiger charge is 2.23. The van der Waals surface area contributed by atoms with Gasteiger partial charge in [-0.15, -0.1) is 0 Å². The molecule has 0 aromatic heterocycles. The summed E-state index contributed by atoms with van der Waals surface area (Å²) in [6.45, 7) is 2.25. The van der Waals surface area contributed by atoms with Crippen molar-refractivity contribution >= 4 is 28.8 Å². The van der Waals surface area contributed by atoms with Gasteiger partial charge in [-0.05, 0) is 77.1 Å². The molecule has 0 fully saturated rings. The molecule has 1 aliphatic carbocycles. The van der Waals surface area contributed by atoms with E-state index in [1.807, 2.05) is 36.4 Å². The van der Waals surface area contributed by atoms with Crippen LogP contribution in [0.15, 0.2) is 48.0 Å². The van der Waals surface area contributed by atoms with Crippen molar-refractivity contribution in [2.24, 2.45) is 0 Å². The highest BCUT2D eigenvalue weighted by Crippen LogP contribution is 2.44. The summed E-state index contributed by atoms with van der Waals surface area (Å²) in [6, 6.07) is 13.9. The number of halogens is 1. The molecule has 23 heavy (non-hydrogen) atoms. The molecule has 0 unspecified atom stereocenters. The topological polar surface area (TPSA) is 29.5 Å². The number of aliphatic hydroxyl groups is 1. The van der Waals surface area contributed by atoms with Crippen LogP contribution in [0, 0.1) is 0 Å². The molecule has 1 aliphatic rings. The van der Waals surface area contributed by atoms with Gasteiger partial charge in [-0.2, -0.15) is 0 Å². The van der Waals surface area contributed by atoms with Crippen LogP contribution < -0.4 is 4.74 Å². The molecule has 0 radical (unpaired) electrons. The van der Waals surface area contributed by atoms with Gasteiger partial charge in [0.2, 0.25) is 0 Å². The number of ether oxygens (including phenoxy) is 1. The Morgan fingerprint density at radius 3 is 2.48 bits per heavy atom. The SMILES string of the molecule is COc1ccc2c(c1)C(CCO)=C(C)/C2=C/c1ccc(Cl)cc1. The van der Waals surface area contributed by atoms with E-state index in [9.17, 15) is 5.11 Å². The van der Waals surface area contributed by atoms with E-state index >= 15 is 0 Å². The molecule has 0 heterocycles. The third-order valence-electron chi connectivity index (χ3n) is 4.24.